The molecule has 0 bridgehead atoms. The van der Waals surface area contributed by atoms with Crippen LogP contribution in [0.25, 0.3) is 11.7 Å². The lowest BCUT2D eigenvalue weighted by molar-refractivity contribution is 0.297. The van der Waals surface area contributed by atoms with Crippen LogP contribution in [-0.4, -0.2) is 4.98 Å². The fraction of sp³-hybridized carbons (Fsp3) is 0.188. The first-order valence-electron chi connectivity index (χ1n) is 6.52. The minimum atomic E-state index is 0.332. The smallest absolute Gasteiger partial charge is 0.263 e. The largest absolute Gasteiger partial charge is 0.487 e. The highest BCUT2D eigenvalue weighted by molar-refractivity contribution is 6.30. The number of benzene rings is 1. The Kier molecular flexibility index (Phi) is 3.71. The Labute approximate surface area is 127 Å². The Hall–Kier alpha value is -2.20. The summed E-state index contributed by atoms with van der Waals surface area (Å²) in [6.07, 6.45) is 1.59. The number of aromatic nitrogens is 1. The van der Waals surface area contributed by atoms with E-state index < -0.39 is 0 Å². The van der Waals surface area contributed by atoms with Crippen molar-refractivity contribution in [2.75, 3.05) is 0 Å². The van der Waals surface area contributed by atoms with Gasteiger partial charge < -0.3 is 13.6 Å². The van der Waals surface area contributed by atoms with Gasteiger partial charge in [0.1, 0.15) is 23.8 Å². The second-order valence-corrected chi connectivity index (χ2v) is 5.13. The summed E-state index contributed by atoms with van der Waals surface area (Å²) in [6.45, 7) is 4.14. The fourth-order valence-electron chi connectivity index (χ4n) is 1.99. The molecule has 108 valence electrons. The van der Waals surface area contributed by atoms with E-state index in [2.05, 4.69) is 4.98 Å². The highest BCUT2D eigenvalue weighted by atomic mass is 35.5. The Morgan fingerprint density at radius 2 is 2.10 bits per heavy atom. The number of furan rings is 1. The number of hydrogen-bond acceptors (Lipinski definition) is 4. The third kappa shape index (κ3) is 2.95. The highest BCUT2D eigenvalue weighted by Gasteiger charge is 2.14. The summed E-state index contributed by atoms with van der Waals surface area (Å²) in [7, 11) is 0. The molecule has 21 heavy (non-hydrogen) atoms. The normalized spacial score (nSPS) is 10.8. The van der Waals surface area contributed by atoms with Crippen molar-refractivity contribution in [1.29, 1.82) is 0 Å². The Morgan fingerprint density at radius 1 is 1.24 bits per heavy atom. The highest BCUT2D eigenvalue weighted by Crippen LogP contribution is 2.25. The third-order valence-corrected chi connectivity index (χ3v) is 3.36. The van der Waals surface area contributed by atoms with Crippen molar-refractivity contribution in [1.82, 2.24) is 4.98 Å². The van der Waals surface area contributed by atoms with Crippen LogP contribution in [0.4, 0.5) is 0 Å². The van der Waals surface area contributed by atoms with E-state index in [9.17, 15) is 0 Å². The van der Waals surface area contributed by atoms with Crippen molar-refractivity contribution >= 4 is 11.6 Å². The first-order chi connectivity index (χ1) is 10.1. The summed E-state index contributed by atoms with van der Waals surface area (Å²) < 4.78 is 16.6. The van der Waals surface area contributed by atoms with Crippen molar-refractivity contribution in [3.05, 3.63) is 58.6 Å². The van der Waals surface area contributed by atoms with Crippen LogP contribution in [0.1, 0.15) is 17.0 Å². The van der Waals surface area contributed by atoms with Crippen LogP contribution in [-0.2, 0) is 6.61 Å². The third-order valence-electron chi connectivity index (χ3n) is 3.13. The van der Waals surface area contributed by atoms with Gasteiger partial charge in [-0.1, -0.05) is 11.6 Å². The maximum Gasteiger partial charge on any atom is 0.263 e. The van der Waals surface area contributed by atoms with Crippen LogP contribution >= 0.6 is 11.6 Å². The molecule has 1 aromatic carbocycles. The molecule has 0 aliphatic carbocycles. The number of halogens is 1. The standard InChI is InChI=1S/C16H14ClNO3/c1-10-8-12(17)5-6-14(10)20-9-13-11(2)21-16(18-13)15-4-3-7-19-15/h3-8H,9H2,1-2H3. The molecule has 3 aromatic rings. The van der Waals surface area contributed by atoms with Gasteiger partial charge in [0.05, 0.1) is 6.26 Å². The molecule has 5 heteroatoms. The summed E-state index contributed by atoms with van der Waals surface area (Å²) in [5.41, 5.74) is 1.73. The van der Waals surface area contributed by atoms with Gasteiger partial charge >= 0.3 is 0 Å². The van der Waals surface area contributed by atoms with Crippen LogP contribution in [0.3, 0.4) is 0 Å². The number of nitrogens with zero attached hydrogens (tertiary/aromatic N) is 1. The van der Waals surface area contributed by atoms with Crippen molar-refractivity contribution in [2.45, 2.75) is 20.5 Å². The second kappa shape index (κ2) is 5.66. The topological polar surface area (TPSA) is 48.4 Å². The molecule has 0 amide bonds. The quantitative estimate of drug-likeness (QED) is 0.695. The van der Waals surface area contributed by atoms with Crippen LogP contribution in [0.2, 0.25) is 5.02 Å². The number of ether oxygens (including phenoxy) is 1. The van der Waals surface area contributed by atoms with E-state index >= 15 is 0 Å². The van der Waals surface area contributed by atoms with Crippen LogP contribution < -0.4 is 4.74 Å². The number of hydrogen-bond donors (Lipinski definition) is 0. The summed E-state index contributed by atoms with van der Waals surface area (Å²) in [4.78, 5) is 4.40. The van der Waals surface area contributed by atoms with Crippen molar-refractivity contribution in [3.8, 4) is 17.4 Å². The van der Waals surface area contributed by atoms with E-state index in [-0.39, 0.29) is 0 Å². The molecule has 0 saturated heterocycles. The molecule has 0 fully saturated rings. The Morgan fingerprint density at radius 3 is 2.81 bits per heavy atom. The molecule has 0 saturated carbocycles. The van der Waals surface area contributed by atoms with Crippen molar-refractivity contribution in [2.24, 2.45) is 0 Å². The fourth-order valence-corrected chi connectivity index (χ4v) is 2.22. The predicted octanol–water partition coefficient (Wildman–Crippen LogP) is 4.78. The van der Waals surface area contributed by atoms with Gasteiger partial charge in [0.2, 0.25) is 0 Å². The average Bonchev–Trinajstić information content (AvgIpc) is 3.07. The minimum Gasteiger partial charge on any atom is -0.487 e. The molecule has 0 aliphatic rings. The molecule has 4 nitrogen and oxygen atoms in total. The van der Waals surface area contributed by atoms with Crippen LogP contribution in [0, 0.1) is 13.8 Å². The van der Waals surface area contributed by atoms with Gasteiger partial charge in [-0.05, 0) is 49.7 Å². The summed E-state index contributed by atoms with van der Waals surface area (Å²) in [5.74, 6) is 2.56. The maximum atomic E-state index is 5.93. The zero-order valence-corrected chi connectivity index (χ0v) is 12.5. The van der Waals surface area contributed by atoms with Gasteiger partial charge in [-0.2, -0.15) is 0 Å². The van der Waals surface area contributed by atoms with Gasteiger partial charge in [-0.25, -0.2) is 4.98 Å². The average molecular weight is 304 g/mol. The minimum absolute atomic E-state index is 0.332. The predicted molar refractivity (Wildman–Crippen MR) is 79.5 cm³/mol. The van der Waals surface area contributed by atoms with Crippen molar-refractivity contribution < 1.29 is 13.6 Å². The van der Waals surface area contributed by atoms with Crippen LogP contribution in [0.5, 0.6) is 5.75 Å². The maximum absolute atomic E-state index is 5.93. The number of aryl methyl sites for hydroxylation is 2. The lowest BCUT2D eigenvalue weighted by atomic mass is 10.2. The molecule has 0 aliphatic heterocycles. The van der Waals surface area contributed by atoms with E-state index in [1.54, 1.807) is 24.5 Å². The van der Waals surface area contributed by atoms with E-state index in [0.29, 0.717) is 29.0 Å². The molecular weight excluding hydrogens is 290 g/mol. The van der Waals surface area contributed by atoms with Gasteiger partial charge in [-0.15, -0.1) is 0 Å². The summed E-state index contributed by atoms with van der Waals surface area (Å²) in [5, 5.41) is 0.692. The van der Waals surface area contributed by atoms with Crippen LogP contribution in [0.15, 0.2) is 45.4 Å². The summed E-state index contributed by atoms with van der Waals surface area (Å²) >= 11 is 5.93. The molecule has 0 N–H and O–H groups in total. The summed E-state index contributed by atoms with van der Waals surface area (Å²) in [6, 6.07) is 9.11. The molecule has 0 spiro atoms. The Balaban J connectivity index is 1.76. The molecule has 3 rings (SSSR count). The van der Waals surface area contributed by atoms with Gasteiger partial charge in [0, 0.05) is 5.02 Å². The van der Waals surface area contributed by atoms with E-state index in [1.165, 1.54) is 0 Å². The zero-order chi connectivity index (χ0) is 14.8. The molecule has 2 heterocycles. The number of oxazole rings is 1. The van der Waals surface area contributed by atoms with Gasteiger partial charge in [-0.3, -0.25) is 0 Å². The van der Waals surface area contributed by atoms with Crippen molar-refractivity contribution in [3.63, 3.8) is 0 Å². The Bertz CT molecular complexity index is 747. The molecule has 0 radical (unpaired) electrons. The second-order valence-electron chi connectivity index (χ2n) is 4.70. The van der Waals surface area contributed by atoms with E-state index in [4.69, 9.17) is 25.2 Å². The molecule has 2 aromatic heterocycles. The van der Waals surface area contributed by atoms with Gasteiger partial charge in [0.15, 0.2) is 5.76 Å². The zero-order valence-electron chi connectivity index (χ0n) is 11.7. The SMILES string of the molecule is Cc1cc(Cl)ccc1OCc1nc(-c2ccco2)oc1C. The first-order valence-corrected chi connectivity index (χ1v) is 6.90. The molecular formula is C16H14ClNO3. The van der Waals surface area contributed by atoms with Gasteiger partial charge in [0.25, 0.3) is 5.89 Å². The monoisotopic (exact) mass is 303 g/mol. The lowest BCUT2D eigenvalue weighted by Gasteiger charge is -2.07. The first kappa shape index (κ1) is 13.8. The molecule has 0 unspecified atom stereocenters. The van der Waals surface area contributed by atoms with E-state index in [1.807, 2.05) is 26.0 Å². The number of rotatable bonds is 4. The lowest BCUT2D eigenvalue weighted by Crippen LogP contribution is -1.99. The molecule has 0 atom stereocenters. The van der Waals surface area contributed by atoms with E-state index in [0.717, 1.165) is 17.0 Å².